The van der Waals surface area contributed by atoms with E-state index in [4.69, 9.17) is 16.3 Å². The molecule has 2 N–H and O–H groups in total. The summed E-state index contributed by atoms with van der Waals surface area (Å²) in [7, 11) is 0. The van der Waals surface area contributed by atoms with Gasteiger partial charge in [-0.25, -0.2) is 5.43 Å². The van der Waals surface area contributed by atoms with E-state index in [1.165, 1.54) is 6.21 Å². The number of hydrazone groups is 1. The predicted molar refractivity (Wildman–Crippen MR) is 122 cm³/mol. The van der Waals surface area contributed by atoms with Gasteiger partial charge in [-0.3, -0.25) is 9.59 Å². The quantitative estimate of drug-likeness (QED) is 0.343. The number of carbonyl (C=O) groups excluding carboxylic acids is 2. The van der Waals surface area contributed by atoms with Crippen molar-refractivity contribution in [2.24, 2.45) is 5.10 Å². The van der Waals surface area contributed by atoms with Gasteiger partial charge in [0.25, 0.3) is 0 Å². The van der Waals surface area contributed by atoms with Gasteiger partial charge in [-0.2, -0.15) is 5.10 Å². The summed E-state index contributed by atoms with van der Waals surface area (Å²) in [6, 6.07) is 16.2. The van der Waals surface area contributed by atoms with E-state index in [1.807, 2.05) is 55.7 Å². The number of nitrogens with one attached hydrogen (secondary N) is 2. The molecule has 7 nitrogen and oxygen atoms in total. The fourth-order valence-corrected chi connectivity index (χ4v) is 3.34. The van der Waals surface area contributed by atoms with Crippen LogP contribution in [-0.4, -0.2) is 29.2 Å². The minimum absolute atomic E-state index is 0.482. The molecule has 0 radical (unpaired) electrons. The Morgan fingerprint density at radius 1 is 1.10 bits per heavy atom. The lowest BCUT2D eigenvalue weighted by Crippen LogP contribution is -2.32. The van der Waals surface area contributed by atoms with Crippen LogP contribution in [0.1, 0.15) is 23.9 Å². The van der Waals surface area contributed by atoms with Crippen molar-refractivity contribution in [2.45, 2.75) is 20.8 Å². The summed E-state index contributed by atoms with van der Waals surface area (Å²) in [5.41, 5.74) is 6.26. The minimum atomic E-state index is -0.870. The normalized spacial score (nSPS) is 10.8. The lowest BCUT2D eigenvalue weighted by molar-refractivity contribution is -0.136. The standard InChI is InChI=1S/C23H23ClN4O3/c1-4-31-19-11-9-18(10-12-19)26-22(29)23(30)27-25-14-17-13-15(2)28(16(17)3)21-8-6-5-7-20(21)24/h5-14H,4H2,1-3H3,(H,26,29)(H,27,30)/b25-14-. The van der Waals surface area contributed by atoms with Crippen molar-refractivity contribution in [3.05, 3.63) is 76.6 Å². The molecule has 0 bridgehead atoms. The first-order valence-corrected chi connectivity index (χ1v) is 10.1. The van der Waals surface area contributed by atoms with Crippen molar-refractivity contribution in [3.63, 3.8) is 0 Å². The van der Waals surface area contributed by atoms with E-state index in [2.05, 4.69) is 15.8 Å². The molecular formula is C23H23ClN4O3. The number of anilines is 1. The Hall–Kier alpha value is -3.58. The number of para-hydroxylation sites is 1. The van der Waals surface area contributed by atoms with Gasteiger partial charge in [-0.15, -0.1) is 0 Å². The highest BCUT2D eigenvalue weighted by Crippen LogP contribution is 2.25. The van der Waals surface area contributed by atoms with Crippen molar-refractivity contribution >= 4 is 35.3 Å². The van der Waals surface area contributed by atoms with Crippen LogP contribution in [0.25, 0.3) is 5.69 Å². The third-order valence-electron chi connectivity index (χ3n) is 4.56. The molecule has 0 saturated heterocycles. The highest BCUT2D eigenvalue weighted by molar-refractivity contribution is 6.39. The lowest BCUT2D eigenvalue weighted by Gasteiger charge is -2.11. The fourth-order valence-electron chi connectivity index (χ4n) is 3.12. The molecule has 0 aliphatic rings. The molecule has 0 spiro atoms. The SMILES string of the molecule is CCOc1ccc(NC(=O)C(=O)N/N=C\c2cc(C)n(-c3ccccc3Cl)c2C)cc1. The van der Waals surface area contributed by atoms with Crippen LogP contribution in [0.2, 0.25) is 5.02 Å². The van der Waals surface area contributed by atoms with Crippen LogP contribution < -0.4 is 15.5 Å². The van der Waals surface area contributed by atoms with Gasteiger partial charge >= 0.3 is 11.8 Å². The molecule has 3 rings (SSSR count). The van der Waals surface area contributed by atoms with Crippen LogP contribution in [0, 0.1) is 13.8 Å². The maximum atomic E-state index is 12.1. The van der Waals surface area contributed by atoms with Crippen LogP contribution >= 0.6 is 11.6 Å². The molecule has 0 fully saturated rings. The number of ether oxygens (including phenoxy) is 1. The largest absolute Gasteiger partial charge is 0.494 e. The highest BCUT2D eigenvalue weighted by atomic mass is 35.5. The maximum Gasteiger partial charge on any atom is 0.329 e. The smallest absolute Gasteiger partial charge is 0.329 e. The van der Waals surface area contributed by atoms with E-state index in [1.54, 1.807) is 24.3 Å². The summed E-state index contributed by atoms with van der Waals surface area (Å²) in [4.78, 5) is 24.1. The summed E-state index contributed by atoms with van der Waals surface area (Å²) in [5, 5.41) is 7.07. The average Bonchev–Trinajstić information content (AvgIpc) is 3.03. The second-order valence-corrected chi connectivity index (χ2v) is 7.13. The van der Waals surface area contributed by atoms with Crippen LogP contribution in [-0.2, 0) is 9.59 Å². The molecule has 0 aliphatic heterocycles. The summed E-state index contributed by atoms with van der Waals surface area (Å²) in [6.45, 7) is 6.32. The monoisotopic (exact) mass is 438 g/mol. The average molecular weight is 439 g/mol. The molecule has 0 saturated carbocycles. The van der Waals surface area contributed by atoms with Gasteiger partial charge in [0.15, 0.2) is 0 Å². The molecule has 0 aliphatic carbocycles. The third-order valence-corrected chi connectivity index (χ3v) is 4.88. The van der Waals surface area contributed by atoms with Gasteiger partial charge in [0, 0.05) is 22.6 Å². The maximum absolute atomic E-state index is 12.1. The second kappa shape index (κ2) is 9.95. The Labute approximate surface area is 185 Å². The topological polar surface area (TPSA) is 84.7 Å². The van der Waals surface area contributed by atoms with E-state index >= 15 is 0 Å². The third kappa shape index (κ3) is 5.32. The van der Waals surface area contributed by atoms with Crippen LogP contribution in [0.3, 0.4) is 0 Å². The van der Waals surface area contributed by atoms with Crippen LogP contribution in [0.4, 0.5) is 5.69 Å². The van der Waals surface area contributed by atoms with Gasteiger partial charge in [0.2, 0.25) is 0 Å². The Morgan fingerprint density at radius 2 is 1.81 bits per heavy atom. The lowest BCUT2D eigenvalue weighted by atomic mass is 10.2. The first-order valence-electron chi connectivity index (χ1n) is 9.71. The van der Waals surface area contributed by atoms with Gasteiger partial charge < -0.3 is 14.6 Å². The summed E-state index contributed by atoms with van der Waals surface area (Å²) in [6.07, 6.45) is 1.50. The van der Waals surface area contributed by atoms with Crippen molar-refractivity contribution in [3.8, 4) is 11.4 Å². The number of halogens is 1. The van der Waals surface area contributed by atoms with E-state index < -0.39 is 11.8 Å². The van der Waals surface area contributed by atoms with Crippen molar-refractivity contribution in [1.29, 1.82) is 0 Å². The second-order valence-electron chi connectivity index (χ2n) is 6.72. The van der Waals surface area contributed by atoms with Crippen LogP contribution in [0.5, 0.6) is 5.75 Å². The number of aromatic nitrogens is 1. The first kappa shape index (κ1) is 22.1. The van der Waals surface area contributed by atoms with Crippen LogP contribution in [0.15, 0.2) is 59.7 Å². The van der Waals surface area contributed by atoms with Gasteiger partial charge in [-0.1, -0.05) is 23.7 Å². The molecule has 160 valence electrons. The molecule has 31 heavy (non-hydrogen) atoms. The zero-order valence-electron chi connectivity index (χ0n) is 17.5. The predicted octanol–water partition coefficient (Wildman–Crippen LogP) is 4.24. The van der Waals surface area contributed by atoms with Gasteiger partial charge in [0.05, 0.1) is 23.5 Å². The van der Waals surface area contributed by atoms with Gasteiger partial charge in [0.1, 0.15) is 5.75 Å². The number of hydrogen-bond donors (Lipinski definition) is 2. The van der Waals surface area contributed by atoms with E-state index in [-0.39, 0.29) is 0 Å². The number of aryl methyl sites for hydroxylation is 1. The summed E-state index contributed by atoms with van der Waals surface area (Å²) < 4.78 is 7.35. The Morgan fingerprint density at radius 3 is 2.48 bits per heavy atom. The molecule has 2 amide bonds. The molecule has 0 unspecified atom stereocenters. The molecule has 8 heteroatoms. The number of amides is 2. The Balaban J connectivity index is 1.64. The highest BCUT2D eigenvalue weighted by Gasteiger charge is 2.14. The number of nitrogens with zero attached hydrogens (tertiary/aromatic N) is 2. The van der Waals surface area contributed by atoms with E-state index in [0.29, 0.717) is 23.1 Å². The Kier molecular flexibility index (Phi) is 7.10. The molecule has 2 aromatic carbocycles. The molecule has 1 aromatic heterocycles. The van der Waals surface area contributed by atoms with E-state index in [9.17, 15) is 9.59 Å². The Bertz CT molecular complexity index is 1120. The molecule has 0 atom stereocenters. The minimum Gasteiger partial charge on any atom is -0.494 e. The van der Waals surface area contributed by atoms with Gasteiger partial charge in [-0.05, 0) is 63.2 Å². The van der Waals surface area contributed by atoms with Crippen molar-refractivity contribution in [2.75, 3.05) is 11.9 Å². The van der Waals surface area contributed by atoms with E-state index in [0.717, 1.165) is 22.6 Å². The molecule has 1 heterocycles. The number of carbonyl (C=O) groups is 2. The van der Waals surface area contributed by atoms with Crippen molar-refractivity contribution < 1.29 is 14.3 Å². The first-order chi connectivity index (χ1) is 14.9. The number of benzene rings is 2. The molecule has 3 aromatic rings. The number of hydrogen-bond acceptors (Lipinski definition) is 4. The molecular weight excluding hydrogens is 416 g/mol. The fraction of sp³-hybridized carbons (Fsp3) is 0.174. The summed E-state index contributed by atoms with van der Waals surface area (Å²) >= 11 is 6.32. The zero-order chi connectivity index (χ0) is 22.4. The van der Waals surface area contributed by atoms with Crippen molar-refractivity contribution in [1.82, 2.24) is 9.99 Å². The summed E-state index contributed by atoms with van der Waals surface area (Å²) in [5.74, 6) is -1.00. The number of rotatable bonds is 6. The zero-order valence-corrected chi connectivity index (χ0v) is 18.2.